The van der Waals surface area contributed by atoms with Crippen molar-refractivity contribution in [3.63, 3.8) is 0 Å². The molecule has 2 unspecified atom stereocenters. The monoisotopic (exact) mass is 1200 g/mol. The van der Waals surface area contributed by atoms with Crippen LogP contribution in [-0.4, -0.2) is 188 Å². The fourth-order valence-electron chi connectivity index (χ4n) is 13.8. The Bertz CT molecular complexity index is 1940. The number of esters is 2. The average molecular weight is 1200 g/mol. The van der Waals surface area contributed by atoms with Crippen molar-refractivity contribution in [3.05, 3.63) is 0 Å². The first kappa shape index (κ1) is 73.7. The summed E-state index contributed by atoms with van der Waals surface area (Å²) in [6.45, 7) is 20.8. The van der Waals surface area contributed by atoms with E-state index in [1.165, 1.54) is 111 Å². The highest BCUT2D eigenvalue weighted by atomic mass is 16.7. The Hall–Kier alpha value is -2.72. The predicted octanol–water partition coefficient (Wildman–Crippen LogP) is 10.5. The summed E-state index contributed by atoms with van der Waals surface area (Å²) in [6.07, 6.45) is 12.3. The molecule has 3 saturated heterocycles. The molecule has 0 radical (unpaired) electrons. The average Bonchev–Trinajstić information content (AvgIpc) is 3.59. The minimum absolute atomic E-state index is 0.0140. The molecular weight excluding hydrogens is 1080 g/mol. The molecule has 1 aliphatic carbocycles. The van der Waals surface area contributed by atoms with Gasteiger partial charge in [0.2, 0.25) is 0 Å². The fourth-order valence-corrected chi connectivity index (χ4v) is 13.8. The molecule has 1 amide bonds. The highest BCUT2D eigenvalue weighted by molar-refractivity contribution is 5.88. The van der Waals surface area contributed by atoms with Crippen molar-refractivity contribution in [2.24, 2.45) is 34.7 Å². The van der Waals surface area contributed by atoms with E-state index in [1.54, 1.807) is 41.5 Å². The van der Waals surface area contributed by atoms with Crippen molar-refractivity contribution < 1.29 is 72.4 Å². The van der Waals surface area contributed by atoms with Crippen LogP contribution in [0, 0.1) is 29.6 Å². The van der Waals surface area contributed by atoms with E-state index >= 15 is 0 Å². The van der Waals surface area contributed by atoms with Crippen molar-refractivity contribution in [3.8, 4) is 0 Å². The first-order valence-electron chi connectivity index (χ1n) is 32.8. The summed E-state index contributed by atoms with van der Waals surface area (Å²) in [5, 5.41) is 45.7. The third kappa shape index (κ3) is 22.7. The van der Waals surface area contributed by atoms with E-state index in [1.807, 2.05) is 39.8 Å². The summed E-state index contributed by atoms with van der Waals surface area (Å²) in [6, 6.07) is -0.365. The Morgan fingerprint density at radius 3 is 1.94 bits per heavy atom. The zero-order valence-corrected chi connectivity index (χ0v) is 55.2. The molecule has 0 bridgehead atoms. The van der Waals surface area contributed by atoms with Crippen LogP contribution in [0.2, 0.25) is 0 Å². The van der Waals surface area contributed by atoms with Gasteiger partial charge in [0.15, 0.2) is 24.8 Å². The van der Waals surface area contributed by atoms with Gasteiger partial charge in [-0.2, -0.15) is 0 Å². The van der Waals surface area contributed by atoms with E-state index in [0.717, 1.165) is 38.6 Å². The lowest BCUT2D eigenvalue weighted by atomic mass is 9.73. The number of rotatable bonds is 29. The third-order valence-electron chi connectivity index (χ3n) is 18.9. The molecule has 4 rings (SSSR count). The number of alkyl carbamates (subject to hydrolysis) is 1. The Kier molecular flexibility index (Phi) is 31.7. The van der Waals surface area contributed by atoms with Gasteiger partial charge in [-0.25, -0.2) is 4.79 Å². The zero-order chi connectivity index (χ0) is 62.4. The van der Waals surface area contributed by atoms with Gasteiger partial charge >= 0.3 is 18.0 Å². The minimum Gasteiger partial charge on any atom is -0.459 e. The molecule has 0 aromatic carbocycles. The van der Waals surface area contributed by atoms with Crippen LogP contribution in [-0.2, 0) is 52.3 Å². The molecule has 490 valence electrons. The topological polar surface area (TPSA) is 226 Å². The van der Waals surface area contributed by atoms with Gasteiger partial charge in [-0.15, -0.1) is 0 Å². The number of unbranched alkanes of at least 4 members (excludes halogenated alkanes) is 11. The van der Waals surface area contributed by atoms with E-state index in [4.69, 9.17) is 47.9 Å². The molecule has 0 aromatic heterocycles. The number of hydrogen-bond acceptors (Lipinski definition) is 18. The van der Waals surface area contributed by atoms with Crippen LogP contribution in [0.4, 0.5) is 4.79 Å². The van der Waals surface area contributed by atoms with E-state index in [-0.39, 0.29) is 31.4 Å². The lowest BCUT2D eigenvalue weighted by Gasteiger charge is -2.49. The summed E-state index contributed by atoms with van der Waals surface area (Å²) in [5.41, 5.74) is -4.47. The molecule has 4 N–H and O–H groups in total. The SMILES string of the molecule is CC[C@@H]1OC(=O)[C@H](C)[C@@H](O[C@H]2C[C@@](C)(OC)[C@@H](OC(C)=O)[C@H](C)O2)[C@H](C)[C@@H](OC2O[C@H](C)C[C@H](N(C)C)[C@H]2OC(=O)NCCCCCCCCCCCCCCN(C)C)C(C)(O)C[C@@H](C)/C(=N\OCCCC2CCCCC2)[C@@H](C)[C@@H](O)[C@]1(C)O. The number of nitrogens with one attached hydrogen (secondary N) is 1. The molecule has 3 heterocycles. The van der Waals surface area contributed by atoms with Crippen LogP contribution < -0.4 is 5.32 Å². The normalized spacial score (nSPS) is 36.5. The molecule has 3 aliphatic heterocycles. The number of carbonyl (C=O) groups excluding carboxylic acids is 3. The number of carbonyl (C=O) groups is 3. The second kappa shape index (κ2) is 36.1. The Labute approximate surface area is 507 Å². The van der Waals surface area contributed by atoms with Gasteiger partial charge in [0.05, 0.1) is 53.8 Å². The summed E-state index contributed by atoms with van der Waals surface area (Å²) < 4.78 is 51.8. The lowest BCUT2D eigenvalue weighted by molar-refractivity contribution is -0.318. The molecule has 0 aromatic rings. The van der Waals surface area contributed by atoms with Crippen molar-refractivity contribution in [1.29, 1.82) is 0 Å². The standard InChI is InChI=1S/C65H120N4O15/c1-17-52-65(11,75)57(71)45(4)54(67-77-39-33-36-50-34-29-28-30-35-50)43(2)41-63(9,74)58(46(5)55(47(6)60(72)81-52)82-53-42-64(10,76-16)59(48(7)79-53)80-49(8)70)84-61-56(51(69(14)15)40-44(3)78-61)83-62(73)66-37-31-26-24-22-20-18-19-21-23-25-27-32-38-68(12)13/h43-48,50-53,55-59,61,71,74-75H,17-42H2,1-16H3,(H,66,73)/b67-54+/t43-,44-,45-,46+,47-,48+,51+,52+,53+,55+,56-,57-,58-,59+,61?,63?,64-,65-/m1/s1. The van der Waals surface area contributed by atoms with Crippen molar-refractivity contribution >= 4 is 23.7 Å². The van der Waals surface area contributed by atoms with Crippen molar-refractivity contribution in [2.75, 3.05) is 55.0 Å². The van der Waals surface area contributed by atoms with Crippen LogP contribution >= 0.6 is 0 Å². The predicted molar refractivity (Wildman–Crippen MR) is 326 cm³/mol. The molecule has 1 saturated carbocycles. The number of hydrogen-bond donors (Lipinski definition) is 4. The van der Waals surface area contributed by atoms with Gasteiger partial charge in [0.25, 0.3) is 0 Å². The first-order valence-corrected chi connectivity index (χ1v) is 32.8. The van der Waals surface area contributed by atoms with Gasteiger partial charge in [-0.05, 0) is 127 Å². The maximum atomic E-state index is 14.9. The van der Waals surface area contributed by atoms with Crippen LogP contribution in [0.5, 0.6) is 0 Å². The molecule has 18 atom stereocenters. The number of ether oxygens (including phenoxy) is 8. The largest absolute Gasteiger partial charge is 0.459 e. The van der Waals surface area contributed by atoms with E-state index in [9.17, 15) is 29.7 Å². The second-order valence-corrected chi connectivity index (χ2v) is 27.0. The number of likely N-dealkylation sites (N-methyl/N-ethyl adjacent to an activating group) is 1. The van der Waals surface area contributed by atoms with Crippen LogP contribution in [0.15, 0.2) is 5.16 Å². The number of nitrogens with zero attached hydrogens (tertiary/aromatic N) is 3. The Balaban J connectivity index is 1.68. The molecule has 19 heteroatoms. The van der Waals surface area contributed by atoms with E-state index < -0.39 is 114 Å². The van der Waals surface area contributed by atoms with Crippen LogP contribution in [0.1, 0.15) is 224 Å². The number of amides is 1. The van der Waals surface area contributed by atoms with Crippen LogP contribution in [0.3, 0.4) is 0 Å². The molecule has 0 spiro atoms. The van der Waals surface area contributed by atoms with Gasteiger partial charge in [0, 0.05) is 44.8 Å². The lowest BCUT2D eigenvalue weighted by Crippen LogP contribution is -2.62. The first-order chi connectivity index (χ1) is 39.7. The maximum Gasteiger partial charge on any atom is 0.407 e. The summed E-state index contributed by atoms with van der Waals surface area (Å²) in [7, 11) is 9.62. The number of cyclic esters (lactones) is 1. The Morgan fingerprint density at radius 1 is 0.762 bits per heavy atom. The number of aliphatic hydroxyl groups is 3. The summed E-state index contributed by atoms with van der Waals surface area (Å²) in [5.74, 6) is -4.04. The molecule has 84 heavy (non-hydrogen) atoms. The quantitative estimate of drug-likeness (QED) is 0.0236. The number of aliphatic hydroxyl groups excluding tert-OH is 1. The second-order valence-electron chi connectivity index (χ2n) is 27.0. The van der Waals surface area contributed by atoms with E-state index in [2.05, 4.69) is 24.3 Å². The fraction of sp³-hybridized carbons (Fsp3) is 0.938. The van der Waals surface area contributed by atoms with E-state index in [0.29, 0.717) is 31.2 Å². The summed E-state index contributed by atoms with van der Waals surface area (Å²) >= 11 is 0. The number of methoxy groups -OCH3 is 1. The highest BCUT2D eigenvalue weighted by Gasteiger charge is 2.55. The van der Waals surface area contributed by atoms with Gasteiger partial charge < -0.3 is 73.2 Å². The maximum absolute atomic E-state index is 14.9. The van der Waals surface area contributed by atoms with Crippen LogP contribution in [0.25, 0.3) is 0 Å². The van der Waals surface area contributed by atoms with Crippen molar-refractivity contribution in [1.82, 2.24) is 15.1 Å². The van der Waals surface area contributed by atoms with Gasteiger partial charge in [-0.3, -0.25) is 9.59 Å². The summed E-state index contributed by atoms with van der Waals surface area (Å²) in [4.78, 5) is 51.5. The Morgan fingerprint density at radius 2 is 1.37 bits per heavy atom. The molecule has 4 fully saturated rings. The number of oxime groups is 1. The molecule has 4 aliphatic rings. The molecule has 19 nitrogen and oxygen atoms in total. The van der Waals surface area contributed by atoms with Gasteiger partial charge in [-0.1, -0.05) is 129 Å². The third-order valence-corrected chi connectivity index (χ3v) is 18.9. The zero-order valence-electron chi connectivity index (χ0n) is 55.2. The highest BCUT2D eigenvalue weighted by Crippen LogP contribution is 2.42. The van der Waals surface area contributed by atoms with Crippen molar-refractivity contribution in [2.45, 2.75) is 308 Å². The smallest absolute Gasteiger partial charge is 0.407 e. The minimum atomic E-state index is -1.97. The molecular formula is C65H120N4O15. The van der Waals surface area contributed by atoms with Gasteiger partial charge in [0.1, 0.15) is 23.9 Å².